The zero-order valence-electron chi connectivity index (χ0n) is 14.9. The van der Waals surface area contributed by atoms with Gasteiger partial charge in [0.15, 0.2) is 0 Å². The Hall–Kier alpha value is -2.91. The summed E-state index contributed by atoms with van der Waals surface area (Å²) < 4.78 is 6.78. The molecule has 0 radical (unpaired) electrons. The van der Waals surface area contributed by atoms with Crippen molar-refractivity contribution >= 4 is 11.9 Å². The van der Waals surface area contributed by atoms with E-state index in [2.05, 4.69) is 4.99 Å². The van der Waals surface area contributed by atoms with E-state index in [1.165, 1.54) is 10.8 Å². The molecule has 1 fully saturated rings. The van der Waals surface area contributed by atoms with E-state index in [1.54, 1.807) is 6.92 Å². The average Bonchev–Trinajstić information content (AvgIpc) is 3.14. The van der Waals surface area contributed by atoms with Gasteiger partial charge in [0.1, 0.15) is 11.6 Å². The summed E-state index contributed by atoms with van der Waals surface area (Å²) in [6.45, 7) is 4.51. The van der Waals surface area contributed by atoms with Gasteiger partial charge in [-0.2, -0.15) is 5.26 Å². The molecule has 1 saturated heterocycles. The molecule has 1 aromatic heterocycles. The average molecular weight is 351 g/mol. The number of pyridine rings is 1. The molecule has 0 amide bonds. The van der Waals surface area contributed by atoms with E-state index in [4.69, 9.17) is 4.74 Å². The third-order valence-corrected chi connectivity index (χ3v) is 4.63. The van der Waals surface area contributed by atoms with Crippen LogP contribution in [0.25, 0.3) is 0 Å². The SMILES string of the molecule is Cc1ccc(N=Cc2c(C)c(C#N)c(=O)n(CC3CCCO3)c2O)cc1. The van der Waals surface area contributed by atoms with Crippen molar-refractivity contribution in [3.05, 3.63) is 56.9 Å². The van der Waals surface area contributed by atoms with Gasteiger partial charge in [-0.3, -0.25) is 14.4 Å². The fourth-order valence-corrected chi connectivity index (χ4v) is 3.06. The smallest absolute Gasteiger partial charge is 0.271 e. The van der Waals surface area contributed by atoms with E-state index >= 15 is 0 Å². The highest BCUT2D eigenvalue weighted by atomic mass is 16.5. The van der Waals surface area contributed by atoms with Gasteiger partial charge in [-0.05, 0) is 44.4 Å². The number of ether oxygens (including phenoxy) is 1. The van der Waals surface area contributed by atoms with Crippen LogP contribution in [0, 0.1) is 25.2 Å². The lowest BCUT2D eigenvalue weighted by molar-refractivity contribution is 0.0938. The summed E-state index contributed by atoms with van der Waals surface area (Å²) in [6, 6.07) is 9.57. The summed E-state index contributed by atoms with van der Waals surface area (Å²) in [7, 11) is 0. The second kappa shape index (κ2) is 7.54. The molecule has 134 valence electrons. The van der Waals surface area contributed by atoms with Crippen molar-refractivity contribution in [2.75, 3.05) is 6.61 Å². The molecule has 6 heteroatoms. The molecule has 3 rings (SSSR count). The lowest BCUT2D eigenvalue weighted by Gasteiger charge is -2.17. The normalized spacial score (nSPS) is 16.9. The zero-order chi connectivity index (χ0) is 18.7. The Morgan fingerprint density at radius 3 is 2.73 bits per heavy atom. The van der Waals surface area contributed by atoms with Crippen molar-refractivity contribution in [2.45, 2.75) is 39.3 Å². The molecule has 1 atom stereocenters. The first-order valence-electron chi connectivity index (χ1n) is 8.60. The van der Waals surface area contributed by atoms with Crippen molar-refractivity contribution in [1.82, 2.24) is 4.57 Å². The van der Waals surface area contributed by atoms with E-state index in [-0.39, 0.29) is 24.1 Å². The molecule has 1 aliphatic heterocycles. The highest BCUT2D eigenvalue weighted by Crippen LogP contribution is 2.23. The second-order valence-corrected chi connectivity index (χ2v) is 6.49. The van der Waals surface area contributed by atoms with Gasteiger partial charge in [-0.1, -0.05) is 17.7 Å². The van der Waals surface area contributed by atoms with Crippen LogP contribution in [-0.4, -0.2) is 28.6 Å². The van der Waals surface area contributed by atoms with Gasteiger partial charge in [0.25, 0.3) is 5.56 Å². The summed E-state index contributed by atoms with van der Waals surface area (Å²) in [5.41, 5.74) is 2.18. The van der Waals surface area contributed by atoms with Crippen LogP contribution in [0.2, 0.25) is 0 Å². The van der Waals surface area contributed by atoms with Gasteiger partial charge in [-0.25, -0.2) is 0 Å². The standard InChI is InChI=1S/C20H21N3O3/c1-13-5-7-15(8-6-13)22-11-18-14(2)17(10-21)19(24)23(20(18)25)12-16-4-3-9-26-16/h5-8,11,16,25H,3-4,9,12H2,1-2H3. The number of aryl methyl sites for hydroxylation is 1. The van der Waals surface area contributed by atoms with Gasteiger partial charge in [0.2, 0.25) is 5.88 Å². The number of nitrogens with zero attached hydrogens (tertiary/aromatic N) is 3. The molecule has 1 unspecified atom stereocenters. The Balaban J connectivity index is 2.04. The first-order chi connectivity index (χ1) is 12.5. The van der Waals surface area contributed by atoms with Crippen molar-refractivity contribution in [2.24, 2.45) is 4.99 Å². The third-order valence-electron chi connectivity index (χ3n) is 4.63. The monoisotopic (exact) mass is 351 g/mol. The van der Waals surface area contributed by atoms with Crippen molar-refractivity contribution in [3.8, 4) is 11.9 Å². The molecule has 26 heavy (non-hydrogen) atoms. The van der Waals surface area contributed by atoms with Gasteiger partial charge in [0.05, 0.1) is 23.9 Å². The van der Waals surface area contributed by atoms with Crippen LogP contribution in [0.3, 0.4) is 0 Å². The molecule has 1 N–H and O–H groups in total. The second-order valence-electron chi connectivity index (χ2n) is 6.49. The molecule has 0 spiro atoms. The molecule has 6 nitrogen and oxygen atoms in total. The predicted molar refractivity (Wildman–Crippen MR) is 99.2 cm³/mol. The van der Waals surface area contributed by atoms with Gasteiger partial charge >= 0.3 is 0 Å². The summed E-state index contributed by atoms with van der Waals surface area (Å²) in [4.78, 5) is 16.9. The molecular weight excluding hydrogens is 330 g/mol. The summed E-state index contributed by atoms with van der Waals surface area (Å²) in [5, 5.41) is 20.1. The molecule has 0 saturated carbocycles. The van der Waals surface area contributed by atoms with E-state index in [1.807, 2.05) is 37.3 Å². The Morgan fingerprint density at radius 2 is 2.12 bits per heavy atom. The predicted octanol–water partition coefficient (Wildman–Crippen LogP) is 2.97. The molecule has 0 bridgehead atoms. The maximum Gasteiger partial charge on any atom is 0.271 e. The van der Waals surface area contributed by atoms with E-state index in [0.717, 1.165) is 24.1 Å². The topological polar surface area (TPSA) is 87.6 Å². The highest BCUT2D eigenvalue weighted by molar-refractivity contribution is 5.87. The lowest BCUT2D eigenvalue weighted by Crippen LogP contribution is -2.29. The number of aromatic hydroxyl groups is 1. The van der Waals surface area contributed by atoms with Crippen LogP contribution in [-0.2, 0) is 11.3 Å². The number of benzene rings is 1. The summed E-state index contributed by atoms with van der Waals surface area (Å²) in [5.74, 6) is -0.183. The highest BCUT2D eigenvalue weighted by Gasteiger charge is 2.22. The molecule has 1 aromatic carbocycles. The fraction of sp³-hybridized carbons (Fsp3) is 0.350. The number of nitriles is 1. The number of aliphatic imine (C=N–C) groups is 1. The Morgan fingerprint density at radius 1 is 1.38 bits per heavy atom. The van der Waals surface area contributed by atoms with Crippen LogP contribution in [0.15, 0.2) is 34.1 Å². The number of hydrogen-bond donors (Lipinski definition) is 1. The molecule has 2 aromatic rings. The lowest BCUT2D eigenvalue weighted by atomic mass is 10.1. The third kappa shape index (κ3) is 3.53. The number of hydrogen-bond acceptors (Lipinski definition) is 5. The van der Waals surface area contributed by atoms with Crippen molar-refractivity contribution in [1.29, 1.82) is 5.26 Å². The van der Waals surface area contributed by atoms with Gasteiger partial charge in [0, 0.05) is 12.8 Å². The first kappa shape index (κ1) is 17.9. The summed E-state index contributed by atoms with van der Waals surface area (Å²) >= 11 is 0. The first-order valence-corrected chi connectivity index (χ1v) is 8.60. The molecule has 0 aliphatic carbocycles. The Labute approximate surface area is 152 Å². The largest absolute Gasteiger partial charge is 0.494 e. The Bertz CT molecular complexity index is 931. The number of aromatic nitrogens is 1. The van der Waals surface area contributed by atoms with E-state index in [0.29, 0.717) is 17.7 Å². The van der Waals surface area contributed by atoms with Crippen LogP contribution in [0.1, 0.15) is 35.1 Å². The minimum atomic E-state index is -0.495. The van der Waals surface area contributed by atoms with Crippen LogP contribution in [0.5, 0.6) is 5.88 Å². The van der Waals surface area contributed by atoms with Crippen LogP contribution >= 0.6 is 0 Å². The minimum absolute atomic E-state index is 0.0196. The molecular formula is C20H21N3O3. The maximum atomic E-state index is 12.6. The van der Waals surface area contributed by atoms with Crippen LogP contribution in [0.4, 0.5) is 5.69 Å². The Kier molecular flexibility index (Phi) is 5.19. The van der Waals surface area contributed by atoms with Gasteiger partial charge in [-0.15, -0.1) is 0 Å². The quantitative estimate of drug-likeness (QED) is 0.858. The van der Waals surface area contributed by atoms with Gasteiger partial charge < -0.3 is 9.84 Å². The van der Waals surface area contributed by atoms with E-state index in [9.17, 15) is 15.2 Å². The minimum Gasteiger partial charge on any atom is -0.494 e. The molecule has 1 aliphatic rings. The zero-order valence-corrected chi connectivity index (χ0v) is 14.9. The van der Waals surface area contributed by atoms with Crippen molar-refractivity contribution < 1.29 is 9.84 Å². The van der Waals surface area contributed by atoms with E-state index < -0.39 is 5.56 Å². The van der Waals surface area contributed by atoms with Crippen molar-refractivity contribution in [3.63, 3.8) is 0 Å². The maximum absolute atomic E-state index is 12.6. The molecule has 2 heterocycles. The van der Waals surface area contributed by atoms with Crippen LogP contribution < -0.4 is 5.56 Å². The number of rotatable bonds is 4. The summed E-state index contributed by atoms with van der Waals surface area (Å²) in [6.07, 6.45) is 3.13. The fourth-order valence-electron chi connectivity index (χ4n) is 3.06.